The van der Waals surface area contributed by atoms with Gasteiger partial charge in [-0.05, 0) is 36.2 Å². The molecule has 0 saturated carbocycles. The van der Waals surface area contributed by atoms with Gasteiger partial charge in [0.15, 0.2) is 0 Å². The van der Waals surface area contributed by atoms with Crippen molar-refractivity contribution in [2.24, 2.45) is 0 Å². The predicted molar refractivity (Wildman–Crippen MR) is 90.3 cm³/mol. The van der Waals surface area contributed by atoms with Crippen LogP contribution >= 0.6 is 0 Å². The van der Waals surface area contributed by atoms with Gasteiger partial charge in [-0.1, -0.05) is 24.3 Å². The molecule has 0 aliphatic heterocycles. The van der Waals surface area contributed by atoms with Gasteiger partial charge in [-0.3, -0.25) is 20.4 Å². The Morgan fingerprint density at radius 3 is 2.71 bits per heavy atom. The standard InChI is InChI=1S/C18H17N3O3/c22-14-5-3-4-12(10-14)18(24)21-20-17(23)9-8-13-11-19-16-7-2-1-6-15(13)16/h1-7,10-11,19,22H,8-9H2,(H,20,23)(H,21,24). The van der Waals surface area contributed by atoms with Crippen LogP contribution in [0.2, 0.25) is 0 Å². The number of para-hydroxylation sites is 1. The number of hydrogen-bond acceptors (Lipinski definition) is 3. The van der Waals surface area contributed by atoms with E-state index in [1.807, 2.05) is 30.5 Å². The number of nitrogens with one attached hydrogen (secondary N) is 3. The van der Waals surface area contributed by atoms with Gasteiger partial charge in [0.25, 0.3) is 5.91 Å². The van der Waals surface area contributed by atoms with Gasteiger partial charge < -0.3 is 10.1 Å². The Hall–Kier alpha value is -3.28. The molecule has 0 saturated heterocycles. The van der Waals surface area contributed by atoms with Gasteiger partial charge in [0.2, 0.25) is 5.91 Å². The number of phenolic OH excluding ortho intramolecular Hbond substituents is 1. The molecule has 0 radical (unpaired) electrons. The molecular weight excluding hydrogens is 306 g/mol. The summed E-state index contributed by atoms with van der Waals surface area (Å²) in [6, 6.07) is 13.8. The van der Waals surface area contributed by atoms with E-state index in [0.717, 1.165) is 16.5 Å². The third-order valence-corrected chi connectivity index (χ3v) is 3.72. The Morgan fingerprint density at radius 2 is 1.88 bits per heavy atom. The van der Waals surface area contributed by atoms with Crippen molar-refractivity contribution in [2.75, 3.05) is 0 Å². The maximum absolute atomic E-state index is 11.9. The fourth-order valence-corrected chi connectivity index (χ4v) is 2.49. The van der Waals surface area contributed by atoms with Crippen LogP contribution in [0.15, 0.2) is 54.7 Å². The number of aromatic nitrogens is 1. The quantitative estimate of drug-likeness (QED) is 0.555. The fourth-order valence-electron chi connectivity index (χ4n) is 2.49. The average Bonchev–Trinajstić information content (AvgIpc) is 3.01. The third kappa shape index (κ3) is 3.55. The lowest BCUT2D eigenvalue weighted by Crippen LogP contribution is -2.41. The molecule has 24 heavy (non-hydrogen) atoms. The summed E-state index contributed by atoms with van der Waals surface area (Å²) in [5.74, 6) is -0.770. The van der Waals surface area contributed by atoms with Crippen LogP contribution in [0.5, 0.6) is 5.75 Å². The molecule has 2 aromatic carbocycles. The monoisotopic (exact) mass is 323 g/mol. The number of aromatic hydroxyl groups is 1. The summed E-state index contributed by atoms with van der Waals surface area (Å²) in [5.41, 5.74) is 7.07. The summed E-state index contributed by atoms with van der Waals surface area (Å²) in [5, 5.41) is 10.4. The van der Waals surface area contributed by atoms with Crippen LogP contribution in [0.25, 0.3) is 10.9 Å². The second-order valence-electron chi connectivity index (χ2n) is 5.41. The second kappa shape index (κ2) is 6.87. The molecule has 0 fully saturated rings. The van der Waals surface area contributed by atoms with Gasteiger partial charge in [-0.15, -0.1) is 0 Å². The van der Waals surface area contributed by atoms with E-state index >= 15 is 0 Å². The zero-order chi connectivity index (χ0) is 16.9. The van der Waals surface area contributed by atoms with E-state index < -0.39 is 5.91 Å². The Morgan fingerprint density at radius 1 is 1.04 bits per heavy atom. The van der Waals surface area contributed by atoms with Crippen molar-refractivity contribution in [1.29, 1.82) is 0 Å². The molecule has 6 heteroatoms. The molecule has 0 atom stereocenters. The highest BCUT2D eigenvalue weighted by Crippen LogP contribution is 2.18. The molecular formula is C18H17N3O3. The van der Waals surface area contributed by atoms with Crippen LogP contribution in [-0.2, 0) is 11.2 Å². The number of aromatic amines is 1. The maximum Gasteiger partial charge on any atom is 0.269 e. The van der Waals surface area contributed by atoms with Crippen molar-refractivity contribution in [1.82, 2.24) is 15.8 Å². The van der Waals surface area contributed by atoms with E-state index in [2.05, 4.69) is 15.8 Å². The summed E-state index contributed by atoms with van der Waals surface area (Å²) in [4.78, 5) is 26.9. The summed E-state index contributed by atoms with van der Waals surface area (Å²) < 4.78 is 0. The first kappa shape index (κ1) is 15.6. The molecule has 0 unspecified atom stereocenters. The van der Waals surface area contributed by atoms with Gasteiger partial charge in [0, 0.05) is 29.1 Å². The van der Waals surface area contributed by atoms with E-state index in [1.54, 1.807) is 12.1 Å². The molecule has 3 aromatic rings. The molecule has 0 bridgehead atoms. The van der Waals surface area contributed by atoms with Crippen LogP contribution < -0.4 is 10.9 Å². The zero-order valence-electron chi connectivity index (χ0n) is 12.9. The van der Waals surface area contributed by atoms with Crippen LogP contribution in [0.3, 0.4) is 0 Å². The summed E-state index contributed by atoms with van der Waals surface area (Å²) in [6.07, 6.45) is 2.71. The Bertz CT molecular complexity index is 886. The molecule has 4 N–H and O–H groups in total. The number of carbonyl (C=O) groups excluding carboxylic acids is 2. The normalized spacial score (nSPS) is 10.5. The van der Waals surface area contributed by atoms with Crippen LogP contribution in [-0.4, -0.2) is 21.9 Å². The molecule has 1 aromatic heterocycles. The van der Waals surface area contributed by atoms with Crippen molar-refractivity contribution in [2.45, 2.75) is 12.8 Å². The highest BCUT2D eigenvalue weighted by atomic mass is 16.3. The van der Waals surface area contributed by atoms with Crippen LogP contribution in [0, 0.1) is 0 Å². The highest BCUT2D eigenvalue weighted by Gasteiger charge is 2.09. The van der Waals surface area contributed by atoms with Gasteiger partial charge >= 0.3 is 0 Å². The first-order valence-electron chi connectivity index (χ1n) is 7.57. The minimum absolute atomic E-state index is 0.00619. The Labute approximate surface area is 138 Å². The van der Waals surface area contributed by atoms with E-state index in [1.165, 1.54) is 12.1 Å². The van der Waals surface area contributed by atoms with E-state index in [0.29, 0.717) is 6.42 Å². The van der Waals surface area contributed by atoms with Gasteiger partial charge in [0.1, 0.15) is 5.75 Å². The molecule has 6 nitrogen and oxygen atoms in total. The number of benzene rings is 2. The van der Waals surface area contributed by atoms with Crippen molar-refractivity contribution in [3.8, 4) is 5.75 Å². The second-order valence-corrected chi connectivity index (χ2v) is 5.41. The summed E-state index contributed by atoms with van der Waals surface area (Å²) >= 11 is 0. The van der Waals surface area contributed by atoms with E-state index in [-0.39, 0.29) is 23.6 Å². The molecule has 0 aliphatic rings. The first-order chi connectivity index (χ1) is 11.6. The number of amides is 2. The smallest absolute Gasteiger partial charge is 0.269 e. The molecule has 2 amide bonds. The zero-order valence-corrected chi connectivity index (χ0v) is 12.9. The molecule has 0 spiro atoms. The largest absolute Gasteiger partial charge is 0.508 e. The maximum atomic E-state index is 11.9. The molecule has 122 valence electrons. The van der Waals surface area contributed by atoms with Gasteiger partial charge in [0.05, 0.1) is 0 Å². The SMILES string of the molecule is O=C(CCc1c[nH]c2ccccc12)NNC(=O)c1cccc(O)c1. The lowest BCUT2D eigenvalue weighted by molar-refractivity contribution is -0.121. The van der Waals surface area contributed by atoms with Crippen LogP contribution in [0.1, 0.15) is 22.3 Å². The lowest BCUT2D eigenvalue weighted by Gasteiger charge is -2.07. The molecule has 0 aliphatic carbocycles. The lowest BCUT2D eigenvalue weighted by atomic mass is 10.1. The summed E-state index contributed by atoms with van der Waals surface area (Å²) in [6.45, 7) is 0. The number of hydrogen-bond donors (Lipinski definition) is 4. The van der Waals surface area contributed by atoms with E-state index in [4.69, 9.17) is 0 Å². The number of aryl methyl sites for hydroxylation is 1. The van der Waals surface area contributed by atoms with Crippen molar-refractivity contribution in [3.05, 3.63) is 65.9 Å². The first-order valence-corrected chi connectivity index (χ1v) is 7.57. The van der Waals surface area contributed by atoms with E-state index in [9.17, 15) is 14.7 Å². The summed E-state index contributed by atoms with van der Waals surface area (Å²) in [7, 11) is 0. The van der Waals surface area contributed by atoms with Crippen molar-refractivity contribution >= 4 is 22.7 Å². The number of phenols is 1. The van der Waals surface area contributed by atoms with Crippen molar-refractivity contribution in [3.63, 3.8) is 0 Å². The van der Waals surface area contributed by atoms with Gasteiger partial charge in [-0.25, -0.2) is 0 Å². The Kier molecular flexibility index (Phi) is 4.47. The number of carbonyl (C=O) groups is 2. The number of fused-ring (bicyclic) bond motifs is 1. The minimum Gasteiger partial charge on any atom is -0.508 e. The van der Waals surface area contributed by atoms with Gasteiger partial charge in [-0.2, -0.15) is 0 Å². The topological polar surface area (TPSA) is 94.2 Å². The minimum atomic E-state index is -0.480. The predicted octanol–water partition coefficient (Wildman–Crippen LogP) is 2.27. The Balaban J connectivity index is 1.52. The number of H-pyrrole nitrogens is 1. The number of rotatable bonds is 4. The third-order valence-electron chi connectivity index (χ3n) is 3.72. The van der Waals surface area contributed by atoms with Crippen LogP contribution in [0.4, 0.5) is 0 Å². The number of hydrazine groups is 1. The average molecular weight is 323 g/mol. The molecule has 3 rings (SSSR count). The fraction of sp³-hybridized carbons (Fsp3) is 0.111. The van der Waals surface area contributed by atoms with Crippen molar-refractivity contribution < 1.29 is 14.7 Å². The highest BCUT2D eigenvalue weighted by molar-refractivity contribution is 5.95. The molecule has 1 heterocycles.